The molecule has 0 atom stereocenters. The highest BCUT2D eigenvalue weighted by Crippen LogP contribution is 2.29. The monoisotopic (exact) mass is 832 g/mol. The minimum absolute atomic E-state index is 0.0136. The van der Waals surface area contributed by atoms with Crippen molar-refractivity contribution in [2.45, 2.75) is 105 Å². The van der Waals surface area contributed by atoms with E-state index >= 15 is 0 Å². The number of nitrogens with one attached hydrogen (secondary N) is 4. The Hall–Kier alpha value is -5.51. The molecule has 2 aliphatic rings. The van der Waals surface area contributed by atoms with Crippen LogP contribution in [0.5, 0.6) is 0 Å². The van der Waals surface area contributed by atoms with Crippen molar-refractivity contribution in [1.82, 2.24) is 25.8 Å². The van der Waals surface area contributed by atoms with Crippen LogP contribution in [0.4, 0.5) is 22.0 Å². The van der Waals surface area contributed by atoms with E-state index in [1.165, 1.54) is 0 Å². The number of piperidine rings is 1. The number of carbonyl (C=O) groups is 5. The highest BCUT2D eigenvalue weighted by atomic mass is 16.6. The number of fused-ring (bicyclic) bond motifs is 1. The molecule has 2 aromatic rings. The summed E-state index contributed by atoms with van der Waals surface area (Å²) >= 11 is 0. The minimum Gasteiger partial charge on any atom is -0.444 e. The van der Waals surface area contributed by atoms with Crippen LogP contribution in [0, 0.1) is 5.92 Å². The third kappa shape index (κ3) is 15.3. The fourth-order valence-corrected chi connectivity index (χ4v) is 6.95. The second-order valence-corrected chi connectivity index (χ2v) is 16.8. The minimum atomic E-state index is -0.593. The van der Waals surface area contributed by atoms with E-state index in [2.05, 4.69) is 36.1 Å². The first kappa shape index (κ1) is 47.2. The molecule has 1 aromatic heterocycles. The summed E-state index contributed by atoms with van der Waals surface area (Å²) in [5, 5.41) is 11.4. The van der Waals surface area contributed by atoms with Crippen molar-refractivity contribution >= 4 is 58.8 Å². The Morgan fingerprint density at radius 1 is 0.933 bits per heavy atom. The number of alkyl carbamates (subject to hydrolysis) is 1. The molecule has 0 radical (unpaired) electrons. The summed E-state index contributed by atoms with van der Waals surface area (Å²) in [6, 6.07) is 8.72. The van der Waals surface area contributed by atoms with Gasteiger partial charge in [0.25, 0.3) is 5.91 Å². The largest absolute Gasteiger partial charge is 0.444 e. The Bertz CT molecular complexity index is 1860. The maximum Gasteiger partial charge on any atom is 0.407 e. The molecule has 4 rings (SSSR count). The number of amides is 5. The van der Waals surface area contributed by atoms with Crippen LogP contribution in [0.15, 0.2) is 47.1 Å². The topological polar surface area (TPSA) is 210 Å². The number of rotatable bonds is 19. The third-order valence-electron chi connectivity index (χ3n) is 10.0. The van der Waals surface area contributed by atoms with Gasteiger partial charge in [0.15, 0.2) is 0 Å². The predicted molar refractivity (Wildman–Crippen MR) is 234 cm³/mol. The molecule has 1 saturated heterocycles. The maximum absolute atomic E-state index is 13.7. The van der Waals surface area contributed by atoms with Gasteiger partial charge in [0.1, 0.15) is 17.3 Å². The number of ether oxygens (including phenoxy) is 2. The number of aliphatic imine (C=N–C) groups is 1. The summed E-state index contributed by atoms with van der Waals surface area (Å²) in [5.74, 6) is 0.314. The zero-order valence-electron chi connectivity index (χ0n) is 36.4. The lowest BCUT2D eigenvalue weighted by Crippen LogP contribution is -2.43. The molecule has 0 spiro atoms. The summed E-state index contributed by atoms with van der Waals surface area (Å²) in [4.78, 5) is 77.1. The number of anilines is 2. The maximum atomic E-state index is 13.7. The molecular formula is C44H65N9O7. The number of nitrogens with two attached hydrogens (primary N) is 1. The van der Waals surface area contributed by atoms with Crippen LogP contribution in [0.2, 0.25) is 0 Å². The number of nitrogens with zero attached hydrogens (tertiary/aromatic N) is 4. The Morgan fingerprint density at radius 2 is 1.67 bits per heavy atom. The molecule has 5 amide bonds. The summed E-state index contributed by atoms with van der Waals surface area (Å²) < 4.78 is 10.9. The van der Waals surface area contributed by atoms with Crippen LogP contribution >= 0.6 is 0 Å². The first-order valence-corrected chi connectivity index (χ1v) is 21.1. The Balaban J connectivity index is 1.25. The molecule has 60 heavy (non-hydrogen) atoms. The Kier molecular flexibility index (Phi) is 17.4. The van der Waals surface area contributed by atoms with Crippen LogP contribution in [0.3, 0.4) is 0 Å². The van der Waals surface area contributed by atoms with Gasteiger partial charge in [0.05, 0.1) is 23.2 Å². The van der Waals surface area contributed by atoms with E-state index in [4.69, 9.17) is 15.2 Å². The number of pyridine rings is 1. The van der Waals surface area contributed by atoms with E-state index in [1.807, 2.05) is 33.8 Å². The van der Waals surface area contributed by atoms with Gasteiger partial charge in [-0.25, -0.2) is 14.8 Å². The third-order valence-corrected chi connectivity index (χ3v) is 10.0. The van der Waals surface area contributed by atoms with Crippen LogP contribution in [-0.2, 0) is 23.9 Å². The zero-order chi connectivity index (χ0) is 43.9. The van der Waals surface area contributed by atoms with Crippen molar-refractivity contribution in [2.24, 2.45) is 16.6 Å². The summed E-state index contributed by atoms with van der Waals surface area (Å²) in [5.41, 5.74) is 7.89. The van der Waals surface area contributed by atoms with Crippen molar-refractivity contribution in [2.75, 3.05) is 62.6 Å². The SMILES string of the molecule is CCCN(CCCNC(=O)OC(C)(C)C)C(=O)C1=Cc2ccc(C(=O)Nc3ccc(N4CCC(C(=O)NCCNC(=O)CCC(C)(C)OCC)CC4)nc3)cc2N=C(N)C1. The smallest absolute Gasteiger partial charge is 0.407 e. The fraction of sp³-hybridized carbons (Fsp3) is 0.568. The Labute approximate surface area is 354 Å². The van der Waals surface area contributed by atoms with E-state index in [9.17, 15) is 24.0 Å². The van der Waals surface area contributed by atoms with Crippen LogP contribution in [0.1, 0.15) is 109 Å². The highest BCUT2D eigenvalue weighted by Gasteiger charge is 2.26. The van der Waals surface area contributed by atoms with Gasteiger partial charge in [0, 0.05) is 87.9 Å². The zero-order valence-corrected chi connectivity index (χ0v) is 36.4. The first-order valence-electron chi connectivity index (χ1n) is 21.1. The lowest BCUT2D eigenvalue weighted by atomic mass is 9.96. The average molecular weight is 832 g/mol. The van der Waals surface area contributed by atoms with Crippen molar-refractivity contribution in [3.05, 3.63) is 53.2 Å². The second-order valence-electron chi connectivity index (χ2n) is 16.8. The highest BCUT2D eigenvalue weighted by molar-refractivity contribution is 6.08. The number of hydrogen-bond donors (Lipinski definition) is 5. The molecule has 1 aromatic carbocycles. The van der Waals surface area contributed by atoms with Crippen molar-refractivity contribution in [3.63, 3.8) is 0 Å². The molecule has 6 N–H and O–H groups in total. The lowest BCUT2D eigenvalue weighted by Gasteiger charge is -2.32. The number of hydrogen-bond acceptors (Lipinski definition) is 11. The first-order chi connectivity index (χ1) is 28.5. The van der Waals surface area contributed by atoms with Gasteiger partial charge in [-0.2, -0.15) is 0 Å². The van der Waals surface area contributed by atoms with Crippen LogP contribution in [-0.4, -0.2) is 109 Å². The normalized spacial score (nSPS) is 14.5. The number of amidine groups is 1. The molecule has 0 bridgehead atoms. The molecule has 0 saturated carbocycles. The standard InChI is InChI=1S/C44H65N9O7/c1-8-22-53(23-10-19-48-42(58)60-43(3,4)5)41(57)33-26-31-11-12-32(27-35(31)51-36(45)28-33)40(56)50-34-13-14-37(49-29-34)52-24-16-30(17-25-52)39(55)47-21-20-46-38(54)15-18-44(6,7)59-9-2/h11-14,26-27,29-30H,8-10,15-25,28H2,1-7H3,(H2,45,51)(H,46,54)(H,47,55)(H,48,58)(H,50,56). The van der Waals surface area contributed by atoms with E-state index in [0.717, 1.165) is 12.2 Å². The molecular weight excluding hydrogens is 767 g/mol. The van der Waals surface area contributed by atoms with E-state index in [-0.39, 0.29) is 47.4 Å². The van der Waals surface area contributed by atoms with Gasteiger partial charge in [0.2, 0.25) is 17.7 Å². The van der Waals surface area contributed by atoms with E-state index in [0.29, 0.717) is 113 Å². The summed E-state index contributed by atoms with van der Waals surface area (Å²) in [6.07, 6.45) is 6.69. The van der Waals surface area contributed by atoms with Crippen molar-refractivity contribution in [1.29, 1.82) is 0 Å². The molecule has 2 aliphatic heterocycles. The van der Waals surface area contributed by atoms with Crippen molar-refractivity contribution in [3.8, 4) is 0 Å². The van der Waals surface area contributed by atoms with Gasteiger partial charge in [-0.3, -0.25) is 19.2 Å². The van der Waals surface area contributed by atoms with E-state index in [1.54, 1.807) is 62.2 Å². The molecule has 3 heterocycles. The molecule has 16 heteroatoms. The van der Waals surface area contributed by atoms with Gasteiger partial charge >= 0.3 is 6.09 Å². The molecule has 328 valence electrons. The van der Waals surface area contributed by atoms with Gasteiger partial charge in [-0.15, -0.1) is 0 Å². The van der Waals surface area contributed by atoms with Gasteiger partial charge in [-0.1, -0.05) is 13.0 Å². The molecule has 1 fully saturated rings. The number of benzene rings is 1. The fourth-order valence-electron chi connectivity index (χ4n) is 6.95. The lowest BCUT2D eigenvalue weighted by molar-refractivity contribution is -0.127. The van der Waals surface area contributed by atoms with Crippen LogP contribution < -0.4 is 31.9 Å². The summed E-state index contributed by atoms with van der Waals surface area (Å²) in [7, 11) is 0. The molecule has 0 unspecified atom stereocenters. The van der Waals surface area contributed by atoms with Gasteiger partial charge < -0.3 is 46.3 Å². The van der Waals surface area contributed by atoms with Gasteiger partial charge in [-0.05, 0) is 104 Å². The molecule has 0 aliphatic carbocycles. The number of carbonyl (C=O) groups excluding carboxylic acids is 5. The Morgan fingerprint density at radius 3 is 2.33 bits per heavy atom. The average Bonchev–Trinajstić information content (AvgIpc) is 3.36. The summed E-state index contributed by atoms with van der Waals surface area (Å²) in [6.45, 7) is 17.3. The number of aromatic nitrogens is 1. The van der Waals surface area contributed by atoms with Crippen LogP contribution in [0.25, 0.3) is 6.08 Å². The second kappa shape index (κ2) is 22.2. The van der Waals surface area contributed by atoms with E-state index < -0.39 is 11.7 Å². The predicted octanol–water partition coefficient (Wildman–Crippen LogP) is 5.31. The van der Waals surface area contributed by atoms with Crippen molar-refractivity contribution < 1.29 is 33.4 Å². The molecule has 16 nitrogen and oxygen atoms in total. The quantitative estimate of drug-likeness (QED) is 0.115.